The molecule has 1 rings (SSSR count). The van der Waals surface area contributed by atoms with Gasteiger partial charge in [-0.1, -0.05) is 6.92 Å². The van der Waals surface area contributed by atoms with Gasteiger partial charge >= 0.3 is 12.3 Å². The van der Waals surface area contributed by atoms with E-state index in [1.807, 2.05) is 0 Å². The van der Waals surface area contributed by atoms with E-state index in [1.165, 1.54) is 6.92 Å². The summed E-state index contributed by atoms with van der Waals surface area (Å²) >= 11 is 0. The number of carbonyl (C=O) groups excluding carboxylic acids is 1. The van der Waals surface area contributed by atoms with Crippen molar-refractivity contribution in [1.82, 2.24) is 4.90 Å². The normalized spacial score (nSPS) is 29.6. The number of amides is 1. The third-order valence-electron chi connectivity index (χ3n) is 2.88. The number of rotatable bonds is 0. The van der Waals surface area contributed by atoms with Crippen molar-refractivity contribution in [3.63, 3.8) is 0 Å². The van der Waals surface area contributed by atoms with Gasteiger partial charge in [-0.2, -0.15) is 13.2 Å². The molecule has 0 aromatic heterocycles. The van der Waals surface area contributed by atoms with Gasteiger partial charge in [0.15, 0.2) is 5.60 Å². The Bertz CT molecular complexity index is 337. The van der Waals surface area contributed by atoms with Gasteiger partial charge in [-0.3, -0.25) is 0 Å². The van der Waals surface area contributed by atoms with Gasteiger partial charge in [0.05, 0.1) is 6.54 Å². The van der Waals surface area contributed by atoms with Crippen LogP contribution in [0.5, 0.6) is 0 Å². The van der Waals surface area contributed by atoms with Gasteiger partial charge in [-0.25, -0.2) is 4.79 Å². The number of likely N-dealkylation sites (tertiary alicyclic amines) is 1. The molecule has 0 spiro atoms. The molecule has 0 aromatic rings. The van der Waals surface area contributed by atoms with Gasteiger partial charge in [0.2, 0.25) is 0 Å². The third kappa shape index (κ3) is 2.88. The number of β-amino-alcohol motifs (C(OH)–C–C–N with tert-alkyl or cyclic N) is 1. The maximum atomic E-state index is 12.7. The number of halogens is 3. The van der Waals surface area contributed by atoms with Crippen LogP contribution in [0, 0.1) is 5.92 Å². The second-order valence-corrected chi connectivity index (χ2v) is 5.68. The van der Waals surface area contributed by atoms with E-state index < -0.39 is 35.9 Å². The average Bonchev–Trinajstić information content (AvgIpc) is 2.40. The Kier molecular flexibility index (Phi) is 3.60. The minimum Gasteiger partial charge on any atom is -0.444 e. The van der Waals surface area contributed by atoms with Crippen LogP contribution in [-0.2, 0) is 4.74 Å². The summed E-state index contributed by atoms with van der Waals surface area (Å²) in [7, 11) is 0. The largest absolute Gasteiger partial charge is 0.444 e. The third-order valence-corrected chi connectivity index (χ3v) is 2.88. The lowest BCUT2D eigenvalue weighted by Gasteiger charge is -2.29. The molecule has 0 saturated carbocycles. The molecule has 0 radical (unpaired) electrons. The molecule has 0 aromatic carbocycles. The zero-order valence-electron chi connectivity index (χ0n) is 10.8. The highest BCUT2D eigenvalue weighted by Gasteiger charge is 2.62. The number of ether oxygens (including phenoxy) is 1. The summed E-state index contributed by atoms with van der Waals surface area (Å²) in [6.45, 7) is 5.18. The van der Waals surface area contributed by atoms with Crippen LogP contribution in [0.4, 0.5) is 18.0 Å². The van der Waals surface area contributed by atoms with Crippen molar-refractivity contribution in [2.24, 2.45) is 5.92 Å². The molecule has 1 aliphatic rings. The fraction of sp³-hybridized carbons (Fsp3) is 0.909. The lowest BCUT2D eigenvalue weighted by Crippen LogP contribution is -2.51. The molecule has 1 N–H and O–H groups in total. The zero-order chi connectivity index (χ0) is 14.4. The van der Waals surface area contributed by atoms with E-state index in [2.05, 4.69) is 0 Å². The Morgan fingerprint density at radius 2 is 1.89 bits per heavy atom. The smallest absolute Gasteiger partial charge is 0.419 e. The van der Waals surface area contributed by atoms with Crippen molar-refractivity contribution >= 4 is 6.09 Å². The molecular weight excluding hydrogens is 251 g/mol. The van der Waals surface area contributed by atoms with Crippen LogP contribution in [-0.4, -0.2) is 46.6 Å². The Hall–Kier alpha value is -0.980. The quantitative estimate of drug-likeness (QED) is 0.733. The van der Waals surface area contributed by atoms with Crippen LogP contribution < -0.4 is 0 Å². The topological polar surface area (TPSA) is 49.8 Å². The number of alkyl halides is 3. The minimum atomic E-state index is -4.76. The standard InChI is InChI=1S/C11H18F3NO3/c1-7-5-15(8(16)18-9(2,3)4)6-10(7,17)11(12,13)14/h7,17H,5-6H2,1-4H3/t7-,10-/m1/s1. The Morgan fingerprint density at radius 3 is 2.22 bits per heavy atom. The molecule has 106 valence electrons. The van der Waals surface area contributed by atoms with Gasteiger partial charge in [0.25, 0.3) is 0 Å². The first-order valence-corrected chi connectivity index (χ1v) is 5.64. The second kappa shape index (κ2) is 4.29. The first-order chi connectivity index (χ1) is 7.87. The van der Waals surface area contributed by atoms with E-state index in [4.69, 9.17) is 4.74 Å². The van der Waals surface area contributed by atoms with E-state index in [-0.39, 0.29) is 6.54 Å². The molecule has 1 fully saturated rings. The Morgan fingerprint density at radius 1 is 1.39 bits per heavy atom. The molecule has 18 heavy (non-hydrogen) atoms. The van der Waals surface area contributed by atoms with Crippen LogP contribution in [0.3, 0.4) is 0 Å². The first kappa shape index (κ1) is 15.1. The van der Waals surface area contributed by atoms with Crippen molar-refractivity contribution in [3.05, 3.63) is 0 Å². The van der Waals surface area contributed by atoms with Crippen LogP contribution in [0.1, 0.15) is 27.7 Å². The Labute approximate surface area is 104 Å². The number of nitrogens with zero attached hydrogens (tertiary/aromatic N) is 1. The van der Waals surface area contributed by atoms with Crippen LogP contribution >= 0.6 is 0 Å². The average molecular weight is 269 g/mol. The van der Waals surface area contributed by atoms with Crippen LogP contribution in [0.25, 0.3) is 0 Å². The van der Waals surface area contributed by atoms with Gasteiger partial charge in [0.1, 0.15) is 5.60 Å². The van der Waals surface area contributed by atoms with E-state index in [1.54, 1.807) is 20.8 Å². The predicted octanol–water partition coefficient (Wildman–Crippen LogP) is 2.17. The SMILES string of the molecule is C[C@@H]1CN(C(=O)OC(C)(C)C)C[C@]1(O)C(F)(F)F. The van der Waals surface area contributed by atoms with Crippen molar-refractivity contribution in [1.29, 1.82) is 0 Å². The first-order valence-electron chi connectivity index (χ1n) is 5.64. The summed E-state index contributed by atoms with van der Waals surface area (Å²) < 4.78 is 43.2. The van der Waals surface area contributed by atoms with Crippen molar-refractivity contribution < 1.29 is 27.8 Å². The second-order valence-electron chi connectivity index (χ2n) is 5.68. The maximum Gasteiger partial charge on any atom is 0.419 e. The molecule has 4 nitrogen and oxygen atoms in total. The maximum absolute atomic E-state index is 12.7. The number of carbonyl (C=O) groups is 1. The predicted molar refractivity (Wildman–Crippen MR) is 58.0 cm³/mol. The zero-order valence-corrected chi connectivity index (χ0v) is 10.8. The Balaban J connectivity index is 2.79. The monoisotopic (exact) mass is 269 g/mol. The van der Waals surface area contributed by atoms with Crippen molar-refractivity contribution in [2.75, 3.05) is 13.1 Å². The molecule has 1 heterocycles. The summed E-state index contributed by atoms with van der Waals surface area (Å²) in [5.74, 6) is -1.08. The summed E-state index contributed by atoms with van der Waals surface area (Å²) in [5.41, 5.74) is -3.64. The summed E-state index contributed by atoms with van der Waals surface area (Å²) in [6, 6.07) is 0. The lowest BCUT2D eigenvalue weighted by molar-refractivity contribution is -0.265. The molecule has 0 aliphatic carbocycles. The summed E-state index contributed by atoms with van der Waals surface area (Å²) in [6.07, 6.45) is -5.60. The van der Waals surface area contributed by atoms with Crippen LogP contribution in [0.2, 0.25) is 0 Å². The molecule has 0 bridgehead atoms. The molecule has 1 saturated heterocycles. The highest BCUT2D eigenvalue weighted by molar-refractivity contribution is 5.68. The number of hydrogen-bond donors (Lipinski definition) is 1. The summed E-state index contributed by atoms with van der Waals surface area (Å²) in [4.78, 5) is 12.5. The van der Waals surface area contributed by atoms with E-state index in [9.17, 15) is 23.1 Å². The summed E-state index contributed by atoms with van der Waals surface area (Å²) in [5, 5.41) is 9.64. The minimum absolute atomic E-state index is 0.176. The number of aliphatic hydroxyl groups is 1. The fourth-order valence-electron chi connectivity index (χ4n) is 1.83. The van der Waals surface area contributed by atoms with Gasteiger partial charge in [0, 0.05) is 12.5 Å². The molecule has 2 atom stereocenters. The van der Waals surface area contributed by atoms with E-state index in [0.29, 0.717) is 0 Å². The molecule has 1 amide bonds. The van der Waals surface area contributed by atoms with Crippen LogP contribution in [0.15, 0.2) is 0 Å². The number of hydrogen-bond acceptors (Lipinski definition) is 3. The fourth-order valence-corrected chi connectivity index (χ4v) is 1.83. The van der Waals surface area contributed by atoms with Gasteiger partial charge < -0.3 is 14.7 Å². The highest BCUT2D eigenvalue weighted by atomic mass is 19.4. The van der Waals surface area contributed by atoms with Crippen molar-refractivity contribution in [3.8, 4) is 0 Å². The van der Waals surface area contributed by atoms with Gasteiger partial charge in [-0.05, 0) is 20.8 Å². The highest BCUT2D eigenvalue weighted by Crippen LogP contribution is 2.41. The lowest BCUT2D eigenvalue weighted by atomic mass is 9.92. The molecular formula is C11H18F3NO3. The van der Waals surface area contributed by atoms with E-state index >= 15 is 0 Å². The van der Waals surface area contributed by atoms with Gasteiger partial charge in [-0.15, -0.1) is 0 Å². The van der Waals surface area contributed by atoms with E-state index in [0.717, 1.165) is 4.90 Å². The molecule has 0 unspecified atom stereocenters. The van der Waals surface area contributed by atoms with Crippen molar-refractivity contribution in [2.45, 2.75) is 45.1 Å². The molecule has 7 heteroatoms. The molecule has 1 aliphatic heterocycles.